The SMILES string of the molecule is Cn1c(-c2cn([C@H]3CC3(F)F)nc2C(F)(F)F)cnc1C(=O)Nc1ccc(C(=O)NC2[C@H]3CNC[C@@H]23)c(Cl)c1. The molecule has 3 aliphatic rings. The van der Waals surface area contributed by atoms with Gasteiger partial charge in [0, 0.05) is 44.5 Å². The third kappa shape index (κ3) is 4.54. The minimum absolute atomic E-state index is 0.105. The van der Waals surface area contributed by atoms with E-state index >= 15 is 0 Å². The quantitative estimate of drug-likeness (QED) is 0.392. The molecule has 2 aliphatic carbocycles. The van der Waals surface area contributed by atoms with Gasteiger partial charge < -0.3 is 20.5 Å². The number of carbonyl (C=O) groups is 2. The highest BCUT2D eigenvalue weighted by Crippen LogP contribution is 2.53. The van der Waals surface area contributed by atoms with Crippen LogP contribution in [-0.4, -0.2) is 56.2 Å². The summed E-state index contributed by atoms with van der Waals surface area (Å²) in [6.45, 7) is 1.72. The summed E-state index contributed by atoms with van der Waals surface area (Å²) in [5.74, 6) is -3.61. The van der Waals surface area contributed by atoms with Crippen LogP contribution in [-0.2, 0) is 13.2 Å². The molecule has 1 aliphatic heterocycles. The van der Waals surface area contributed by atoms with Crippen LogP contribution in [0.1, 0.15) is 39.1 Å². The molecule has 3 heterocycles. The molecule has 1 unspecified atom stereocenters. The summed E-state index contributed by atoms with van der Waals surface area (Å²) in [7, 11) is 1.32. The van der Waals surface area contributed by atoms with Gasteiger partial charge in [0.15, 0.2) is 11.5 Å². The van der Waals surface area contributed by atoms with E-state index in [-0.39, 0.29) is 39.7 Å². The van der Waals surface area contributed by atoms with E-state index in [0.717, 1.165) is 30.1 Å². The molecule has 1 aromatic carbocycles. The number of halogens is 6. The summed E-state index contributed by atoms with van der Waals surface area (Å²) >= 11 is 6.29. The average molecular weight is 570 g/mol. The first-order valence-electron chi connectivity index (χ1n) is 12.0. The zero-order chi connectivity index (χ0) is 27.9. The van der Waals surface area contributed by atoms with Crippen LogP contribution in [0.5, 0.6) is 0 Å². The predicted molar refractivity (Wildman–Crippen MR) is 129 cm³/mol. The Labute approximate surface area is 222 Å². The van der Waals surface area contributed by atoms with Crippen LogP contribution in [0, 0.1) is 11.8 Å². The van der Waals surface area contributed by atoms with Crippen molar-refractivity contribution in [3.05, 3.63) is 52.7 Å². The minimum Gasteiger partial charge on any atom is -0.349 e. The Bertz CT molecular complexity index is 1490. The van der Waals surface area contributed by atoms with Crippen LogP contribution in [0.4, 0.5) is 27.6 Å². The Balaban J connectivity index is 1.19. The number of piperidine rings is 1. The fourth-order valence-corrected chi connectivity index (χ4v) is 5.40. The van der Waals surface area contributed by atoms with Crippen molar-refractivity contribution in [3.63, 3.8) is 0 Å². The van der Waals surface area contributed by atoms with E-state index in [1.54, 1.807) is 0 Å². The molecule has 0 bridgehead atoms. The van der Waals surface area contributed by atoms with Crippen LogP contribution >= 0.6 is 11.6 Å². The number of hydrogen-bond donors (Lipinski definition) is 3. The Hall–Kier alpha value is -3.52. The maximum atomic E-state index is 13.7. The highest BCUT2D eigenvalue weighted by molar-refractivity contribution is 6.34. The van der Waals surface area contributed by atoms with E-state index in [2.05, 4.69) is 26.0 Å². The van der Waals surface area contributed by atoms with Crippen molar-refractivity contribution in [2.75, 3.05) is 18.4 Å². The van der Waals surface area contributed by atoms with Gasteiger partial charge in [-0.15, -0.1) is 0 Å². The molecule has 4 atom stereocenters. The number of carbonyl (C=O) groups excluding carboxylic acids is 2. The second-order valence-corrected chi connectivity index (χ2v) is 10.4. The lowest BCUT2D eigenvalue weighted by Gasteiger charge is -2.11. The first kappa shape index (κ1) is 25.7. The molecule has 6 rings (SSSR count). The number of alkyl halides is 5. The number of hydrogen-bond acceptors (Lipinski definition) is 5. The molecule has 2 amide bonds. The minimum atomic E-state index is -4.92. The van der Waals surface area contributed by atoms with E-state index in [4.69, 9.17) is 11.6 Å². The number of fused-ring (bicyclic) bond motifs is 1. The number of aromatic nitrogens is 4. The van der Waals surface area contributed by atoms with Crippen LogP contribution < -0.4 is 16.0 Å². The second kappa shape index (κ2) is 8.74. The van der Waals surface area contributed by atoms with Crippen molar-refractivity contribution in [2.45, 2.75) is 30.6 Å². The highest BCUT2D eigenvalue weighted by Gasteiger charge is 2.59. The molecule has 2 aromatic heterocycles. The van der Waals surface area contributed by atoms with Crippen LogP contribution in [0.2, 0.25) is 5.02 Å². The van der Waals surface area contributed by atoms with E-state index in [1.807, 2.05) is 0 Å². The van der Waals surface area contributed by atoms with Gasteiger partial charge in [0.2, 0.25) is 0 Å². The Morgan fingerprint density at radius 2 is 1.87 bits per heavy atom. The molecule has 2 saturated carbocycles. The number of amides is 2. The molecule has 3 aromatic rings. The second-order valence-electron chi connectivity index (χ2n) is 10.0. The van der Waals surface area contributed by atoms with Gasteiger partial charge in [0.25, 0.3) is 17.7 Å². The van der Waals surface area contributed by atoms with Crippen molar-refractivity contribution >= 4 is 29.1 Å². The van der Waals surface area contributed by atoms with Gasteiger partial charge in [-0.25, -0.2) is 13.8 Å². The van der Waals surface area contributed by atoms with Crippen molar-refractivity contribution < 1.29 is 31.5 Å². The monoisotopic (exact) mass is 569 g/mol. The van der Waals surface area contributed by atoms with Gasteiger partial charge in [-0.1, -0.05) is 11.6 Å². The normalized spacial score (nSPS) is 24.8. The largest absolute Gasteiger partial charge is 0.435 e. The number of anilines is 1. The summed E-state index contributed by atoms with van der Waals surface area (Å²) in [5.41, 5.74) is -1.49. The number of rotatable bonds is 6. The molecule has 1 saturated heterocycles. The fraction of sp³-hybridized carbons (Fsp3) is 0.417. The lowest BCUT2D eigenvalue weighted by atomic mass is 10.2. The Kier molecular flexibility index (Phi) is 5.77. The fourth-order valence-electron chi connectivity index (χ4n) is 5.13. The molecule has 3 N–H and O–H groups in total. The molecule has 9 nitrogen and oxygen atoms in total. The van der Waals surface area contributed by atoms with E-state index < -0.39 is 41.7 Å². The number of nitrogens with one attached hydrogen (secondary N) is 3. The molecule has 3 fully saturated rings. The third-order valence-electron chi connectivity index (χ3n) is 7.44. The van der Waals surface area contributed by atoms with Gasteiger partial charge >= 0.3 is 6.18 Å². The first-order chi connectivity index (χ1) is 18.3. The highest BCUT2D eigenvalue weighted by atomic mass is 35.5. The summed E-state index contributed by atoms with van der Waals surface area (Å²) < 4.78 is 69.6. The Morgan fingerprint density at radius 3 is 2.49 bits per heavy atom. The standard InChI is InChI=1S/C24H21ClF5N7O2/c1-36-16(14-9-37(17-5-23(17,26)27)35-19(14)24(28,29)30)8-32-20(36)22(39)33-10-2-3-11(15(25)4-10)21(38)34-18-12-6-31-7-13(12)18/h2-4,8-9,12-13,17-18,31H,5-7H2,1H3,(H,33,39)(H,34,38)/t12-,13+,17-,18?/m0/s1. The lowest BCUT2D eigenvalue weighted by molar-refractivity contribution is -0.141. The van der Waals surface area contributed by atoms with Crippen molar-refractivity contribution in [2.24, 2.45) is 18.9 Å². The summed E-state index contributed by atoms with van der Waals surface area (Å²) in [4.78, 5) is 29.5. The average Bonchev–Trinajstić information content (AvgIpc) is 3.38. The van der Waals surface area contributed by atoms with Gasteiger partial charge in [-0.3, -0.25) is 14.3 Å². The first-order valence-corrected chi connectivity index (χ1v) is 12.4. The summed E-state index contributed by atoms with van der Waals surface area (Å²) in [6, 6.07) is 2.97. The molecule has 0 spiro atoms. The number of benzene rings is 1. The lowest BCUT2D eigenvalue weighted by Crippen LogP contribution is -2.32. The van der Waals surface area contributed by atoms with Crippen molar-refractivity contribution in [1.29, 1.82) is 0 Å². The summed E-state index contributed by atoms with van der Waals surface area (Å²) in [6.07, 6.45) is -3.59. The van der Waals surface area contributed by atoms with E-state index in [1.165, 1.54) is 25.2 Å². The third-order valence-corrected chi connectivity index (χ3v) is 7.75. The maximum Gasteiger partial charge on any atom is 0.435 e. The van der Waals surface area contributed by atoms with Crippen molar-refractivity contribution in [3.8, 4) is 11.3 Å². The van der Waals surface area contributed by atoms with Gasteiger partial charge in [0.1, 0.15) is 6.04 Å². The maximum absolute atomic E-state index is 13.7. The van der Waals surface area contributed by atoms with Gasteiger partial charge in [0.05, 0.1) is 28.0 Å². The van der Waals surface area contributed by atoms with Gasteiger partial charge in [-0.2, -0.15) is 18.3 Å². The zero-order valence-corrected chi connectivity index (χ0v) is 20.9. The molecule has 39 heavy (non-hydrogen) atoms. The number of nitrogens with zero attached hydrogens (tertiary/aromatic N) is 4. The smallest absolute Gasteiger partial charge is 0.349 e. The van der Waals surface area contributed by atoms with Crippen LogP contribution in [0.15, 0.2) is 30.6 Å². The number of imidazole rings is 1. The predicted octanol–water partition coefficient (Wildman–Crippen LogP) is 3.74. The van der Waals surface area contributed by atoms with Gasteiger partial charge in [-0.05, 0) is 30.0 Å². The molecule has 0 radical (unpaired) electrons. The van der Waals surface area contributed by atoms with E-state index in [9.17, 15) is 31.5 Å². The van der Waals surface area contributed by atoms with Crippen LogP contribution in [0.25, 0.3) is 11.3 Å². The molecular weight excluding hydrogens is 549 g/mol. The molecular formula is C24H21ClF5N7O2. The van der Waals surface area contributed by atoms with Crippen LogP contribution in [0.3, 0.4) is 0 Å². The van der Waals surface area contributed by atoms with Crippen molar-refractivity contribution in [1.82, 2.24) is 30.0 Å². The zero-order valence-electron chi connectivity index (χ0n) is 20.2. The molecule has 206 valence electrons. The summed E-state index contributed by atoms with van der Waals surface area (Å²) in [5, 5.41) is 12.2. The topological polar surface area (TPSA) is 106 Å². The van der Waals surface area contributed by atoms with E-state index in [0.29, 0.717) is 16.5 Å². The molecule has 15 heteroatoms. The Morgan fingerprint density at radius 1 is 1.18 bits per heavy atom.